The predicted octanol–water partition coefficient (Wildman–Crippen LogP) is 1.07. The van der Waals surface area contributed by atoms with Gasteiger partial charge in [0.15, 0.2) is 0 Å². The Kier molecular flexibility index (Phi) is 7.28. The van der Waals surface area contributed by atoms with Gasteiger partial charge in [0.2, 0.25) is 15.9 Å². The highest BCUT2D eigenvalue weighted by molar-refractivity contribution is 7.89. The molecule has 0 radical (unpaired) electrons. The van der Waals surface area contributed by atoms with Crippen LogP contribution in [0, 0.1) is 5.92 Å². The molecule has 1 fully saturated rings. The Balaban J connectivity index is 2.39. The maximum atomic E-state index is 12.1. The lowest BCUT2D eigenvalue weighted by Crippen LogP contribution is -2.52. The Labute approximate surface area is 134 Å². The van der Waals surface area contributed by atoms with E-state index in [1.807, 2.05) is 6.92 Å². The number of nitrogens with zero attached hydrogens (tertiary/aromatic N) is 1. The van der Waals surface area contributed by atoms with Gasteiger partial charge in [-0.05, 0) is 38.5 Å². The minimum atomic E-state index is -3.20. The monoisotopic (exact) mass is 333 g/mol. The first-order valence-electron chi connectivity index (χ1n) is 8.17. The number of nitrogens with one attached hydrogen (secondary N) is 1. The van der Waals surface area contributed by atoms with Gasteiger partial charge in [-0.2, -0.15) is 0 Å². The summed E-state index contributed by atoms with van der Waals surface area (Å²) in [5, 5.41) is 2.96. The fraction of sp³-hybridized carbons (Fsp3) is 0.933. The minimum absolute atomic E-state index is 0.0456. The Morgan fingerprint density at radius 2 is 1.91 bits per heavy atom. The van der Waals surface area contributed by atoms with Crippen molar-refractivity contribution >= 4 is 15.9 Å². The third-order valence-corrected chi connectivity index (χ3v) is 5.97. The van der Waals surface area contributed by atoms with E-state index in [2.05, 4.69) is 19.2 Å². The number of hydrogen-bond acceptors (Lipinski definition) is 4. The van der Waals surface area contributed by atoms with Gasteiger partial charge in [-0.3, -0.25) is 4.79 Å². The van der Waals surface area contributed by atoms with Crippen LogP contribution < -0.4 is 11.1 Å². The van der Waals surface area contributed by atoms with Crippen LogP contribution in [0.4, 0.5) is 0 Å². The molecule has 1 heterocycles. The SMILES string of the molecule is CC(C)CC(C)(CN)NC(=O)CCCS(=O)(=O)N1CCCC1. The van der Waals surface area contributed by atoms with Gasteiger partial charge in [0.1, 0.15) is 0 Å². The van der Waals surface area contributed by atoms with Gasteiger partial charge in [0.25, 0.3) is 0 Å². The van der Waals surface area contributed by atoms with Crippen molar-refractivity contribution < 1.29 is 13.2 Å². The molecule has 22 heavy (non-hydrogen) atoms. The topological polar surface area (TPSA) is 92.5 Å². The van der Waals surface area contributed by atoms with Crippen LogP contribution in [0.3, 0.4) is 0 Å². The fourth-order valence-electron chi connectivity index (χ4n) is 3.00. The summed E-state index contributed by atoms with van der Waals surface area (Å²) in [7, 11) is -3.20. The maximum absolute atomic E-state index is 12.1. The second kappa shape index (κ2) is 8.26. The average molecular weight is 333 g/mol. The molecule has 1 saturated heterocycles. The van der Waals surface area contributed by atoms with Gasteiger partial charge >= 0.3 is 0 Å². The lowest BCUT2D eigenvalue weighted by Gasteiger charge is -2.31. The van der Waals surface area contributed by atoms with Crippen LogP contribution in [-0.2, 0) is 14.8 Å². The fourth-order valence-corrected chi connectivity index (χ4v) is 4.58. The molecule has 3 N–H and O–H groups in total. The molecular weight excluding hydrogens is 302 g/mol. The molecule has 1 unspecified atom stereocenters. The van der Waals surface area contributed by atoms with Gasteiger partial charge in [-0.1, -0.05) is 13.8 Å². The van der Waals surface area contributed by atoms with Crippen molar-refractivity contribution in [3.8, 4) is 0 Å². The van der Waals surface area contributed by atoms with Crippen molar-refractivity contribution in [3.63, 3.8) is 0 Å². The Bertz CT molecular complexity index is 459. The van der Waals surface area contributed by atoms with E-state index in [0.29, 0.717) is 32.0 Å². The molecule has 0 bridgehead atoms. The number of carbonyl (C=O) groups is 1. The van der Waals surface area contributed by atoms with E-state index in [4.69, 9.17) is 5.73 Å². The molecule has 0 aromatic carbocycles. The first kappa shape index (κ1) is 19.4. The molecule has 1 rings (SSSR count). The van der Waals surface area contributed by atoms with Crippen molar-refractivity contribution in [3.05, 3.63) is 0 Å². The van der Waals surface area contributed by atoms with Crippen molar-refractivity contribution in [2.24, 2.45) is 11.7 Å². The molecule has 1 atom stereocenters. The summed E-state index contributed by atoms with van der Waals surface area (Å²) in [5.74, 6) is 0.360. The summed E-state index contributed by atoms with van der Waals surface area (Å²) in [6.07, 6.45) is 3.25. The van der Waals surface area contributed by atoms with Gasteiger partial charge < -0.3 is 11.1 Å². The highest BCUT2D eigenvalue weighted by Crippen LogP contribution is 2.16. The van der Waals surface area contributed by atoms with E-state index in [1.54, 1.807) is 0 Å². The summed E-state index contributed by atoms with van der Waals surface area (Å²) >= 11 is 0. The van der Waals surface area contributed by atoms with Crippen LogP contribution >= 0.6 is 0 Å². The quantitative estimate of drug-likeness (QED) is 0.660. The summed E-state index contributed by atoms with van der Waals surface area (Å²) < 4.78 is 25.7. The van der Waals surface area contributed by atoms with E-state index in [0.717, 1.165) is 19.3 Å². The summed E-state index contributed by atoms with van der Waals surface area (Å²) in [4.78, 5) is 12.0. The number of sulfonamides is 1. The van der Waals surface area contributed by atoms with Crippen LogP contribution in [0.1, 0.15) is 52.9 Å². The summed E-state index contributed by atoms with van der Waals surface area (Å²) in [6, 6.07) is 0. The summed E-state index contributed by atoms with van der Waals surface area (Å²) in [6.45, 7) is 7.72. The molecule has 0 aromatic rings. The molecule has 1 amide bonds. The molecule has 0 aliphatic carbocycles. The normalized spacial score (nSPS) is 19.3. The molecule has 7 heteroatoms. The minimum Gasteiger partial charge on any atom is -0.350 e. The number of rotatable bonds is 9. The van der Waals surface area contributed by atoms with Crippen LogP contribution in [0.15, 0.2) is 0 Å². The second-order valence-corrected chi connectivity index (χ2v) is 9.03. The Morgan fingerprint density at radius 1 is 1.32 bits per heavy atom. The Hall–Kier alpha value is -0.660. The van der Waals surface area contributed by atoms with Crippen LogP contribution in [0.5, 0.6) is 0 Å². The van der Waals surface area contributed by atoms with Crippen LogP contribution in [-0.4, -0.2) is 49.6 Å². The summed E-state index contributed by atoms with van der Waals surface area (Å²) in [5.41, 5.74) is 5.35. The van der Waals surface area contributed by atoms with E-state index < -0.39 is 15.6 Å². The van der Waals surface area contributed by atoms with E-state index in [9.17, 15) is 13.2 Å². The number of nitrogens with two attached hydrogens (primary N) is 1. The zero-order valence-corrected chi connectivity index (χ0v) is 14.9. The third-order valence-electron chi connectivity index (χ3n) is 4.02. The van der Waals surface area contributed by atoms with Crippen LogP contribution in [0.2, 0.25) is 0 Å². The number of carbonyl (C=O) groups excluding carboxylic acids is 1. The second-order valence-electron chi connectivity index (χ2n) is 6.94. The average Bonchev–Trinajstić information content (AvgIpc) is 2.91. The smallest absolute Gasteiger partial charge is 0.220 e. The predicted molar refractivity (Wildman–Crippen MR) is 88.9 cm³/mol. The molecule has 0 saturated carbocycles. The third kappa shape index (κ3) is 6.22. The Morgan fingerprint density at radius 3 is 2.41 bits per heavy atom. The highest BCUT2D eigenvalue weighted by Gasteiger charge is 2.27. The molecule has 0 aromatic heterocycles. The molecule has 130 valence electrons. The molecule has 1 aliphatic heterocycles. The van der Waals surface area contributed by atoms with Gasteiger partial charge in [0, 0.05) is 31.6 Å². The van der Waals surface area contributed by atoms with Crippen molar-refractivity contribution in [2.45, 2.75) is 58.4 Å². The van der Waals surface area contributed by atoms with Crippen molar-refractivity contribution in [1.29, 1.82) is 0 Å². The van der Waals surface area contributed by atoms with Gasteiger partial charge in [-0.25, -0.2) is 12.7 Å². The first-order valence-corrected chi connectivity index (χ1v) is 9.78. The van der Waals surface area contributed by atoms with E-state index >= 15 is 0 Å². The highest BCUT2D eigenvalue weighted by atomic mass is 32.2. The van der Waals surface area contributed by atoms with Crippen LogP contribution in [0.25, 0.3) is 0 Å². The lowest BCUT2D eigenvalue weighted by atomic mass is 9.90. The molecule has 1 aliphatic rings. The largest absolute Gasteiger partial charge is 0.350 e. The molecular formula is C15H31N3O3S. The number of hydrogen-bond donors (Lipinski definition) is 2. The van der Waals surface area contributed by atoms with Crippen molar-refractivity contribution in [1.82, 2.24) is 9.62 Å². The van der Waals surface area contributed by atoms with Gasteiger partial charge in [-0.15, -0.1) is 0 Å². The van der Waals surface area contributed by atoms with E-state index in [-0.39, 0.29) is 18.1 Å². The molecule has 0 spiro atoms. The van der Waals surface area contributed by atoms with Gasteiger partial charge in [0.05, 0.1) is 5.75 Å². The zero-order chi connectivity index (χ0) is 16.8. The first-order chi connectivity index (χ1) is 10.2. The van der Waals surface area contributed by atoms with E-state index in [1.165, 1.54) is 4.31 Å². The lowest BCUT2D eigenvalue weighted by molar-refractivity contribution is -0.122. The standard InChI is InChI=1S/C15H31N3O3S/c1-13(2)11-15(3,12-16)17-14(19)7-6-10-22(20,21)18-8-4-5-9-18/h13H,4-12,16H2,1-3H3,(H,17,19). The van der Waals surface area contributed by atoms with Crippen molar-refractivity contribution in [2.75, 3.05) is 25.4 Å². The number of amides is 1. The maximum Gasteiger partial charge on any atom is 0.220 e. The zero-order valence-electron chi connectivity index (χ0n) is 14.1. The molecule has 6 nitrogen and oxygen atoms in total.